The van der Waals surface area contributed by atoms with Crippen LogP contribution in [0.1, 0.15) is 19.4 Å². The minimum absolute atomic E-state index is 0. The van der Waals surface area contributed by atoms with Gasteiger partial charge in [-0.25, -0.2) is 4.39 Å². The van der Waals surface area contributed by atoms with E-state index in [1.165, 1.54) is 12.1 Å². The third kappa shape index (κ3) is 6.47. The van der Waals surface area contributed by atoms with Crippen LogP contribution in [0.3, 0.4) is 0 Å². The molecular weight excluding hydrogens is 448 g/mol. The number of benzene rings is 1. The summed E-state index contributed by atoms with van der Waals surface area (Å²) >= 11 is 0. The lowest BCUT2D eigenvalue weighted by atomic mass is 10.1. The molecule has 6 nitrogen and oxygen atoms in total. The van der Waals surface area contributed by atoms with Crippen LogP contribution in [-0.2, 0) is 11.2 Å². The number of rotatable bonds is 7. The monoisotopic (exact) mass is 475 g/mol. The Kier molecular flexibility index (Phi) is 9.39. The van der Waals surface area contributed by atoms with Gasteiger partial charge in [0, 0.05) is 49.7 Å². The van der Waals surface area contributed by atoms with E-state index in [0.29, 0.717) is 25.6 Å². The minimum atomic E-state index is -0.242. The SMILES string of the molecule is CN=C(NCCNC(=O)C(C)C)NCCc1c[nH]c2cc(F)ccc12.I. The van der Waals surface area contributed by atoms with E-state index in [1.54, 1.807) is 13.1 Å². The van der Waals surface area contributed by atoms with Crippen molar-refractivity contribution in [3.63, 3.8) is 0 Å². The first kappa shape index (κ1) is 22.2. The quantitative estimate of drug-likeness (QED) is 0.215. The van der Waals surface area contributed by atoms with Gasteiger partial charge in [0.15, 0.2) is 5.96 Å². The first-order valence-corrected chi connectivity index (χ1v) is 8.49. The van der Waals surface area contributed by atoms with Gasteiger partial charge in [0.05, 0.1) is 0 Å². The molecule has 0 aliphatic rings. The zero-order chi connectivity index (χ0) is 18.2. The number of carbonyl (C=O) groups is 1. The Hall–Kier alpha value is -1.84. The molecule has 0 saturated heterocycles. The van der Waals surface area contributed by atoms with Crippen LogP contribution < -0.4 is 16.0 Å². The molecule has 0 saturated carbocycles. The molecule has 26 heavy (non-hydrogen) atoms. The maximum absolute atomic E-state index is 13.2. The number of aliphatic imine (C=N–C) groups is 1. The molecular formula is C18H27FIN5O. The number of aromatic amines is 1. The van der Waals surface area contributed by atoms with Crippen LogP contribution in [-0.4, -0.2) is 43.5 Å². The van der Waals surface area contributed by atoms with E-state index in [1.807, 2.05) is 20.0 Å². The van der Waals surface area contributed by atoms with E-state index in [4.69, 9.17) is 0 Å². The van der Waals surface area contributed by atoms with Crippen molar-refractivity contribution in [1.82, 2.24) is 20.9 Å². The molecule has 1 heterocycles. The Morgan fingerprint density at radius 2 is 1.88 bits per heavy atom. The maximum Gasteiger partial charge on any atom is 0.222 e. The van der Waals surface area contributed by atoms with Crippen molar-refractivity contribution < 1.29 is 9.18 Å². The second-order valence-corrected chi connectivity index (χ2v) is 6.13. The summed E-state index contributed by atoms with van der Waals surface area (Å²) in [7, 11) is 1.70. The second kappa shape index (κ2) is 11.0. The van der Waals surface area contributed by atoms with Crippen LogP contribution in [0.4, 0.5) is 4.39 Å². The van der Waals surface area contributed by atoms with Gasteiger partial charge < -0.3 is 20.9 Å². The summed E-state index contributed by atoms with van der Waals surface area (Å²) in [4.78, 5) is 18.7. The van der Waals surface area contributed by atoms with Crippen LogP contribution in [0.2, 0.25) is 0 Å². The van der Waals surface area contributed by atoms with Crippen molar-refractivity contribution in [3.05, 3.63) is 35.8 Å². The van der Waals surface area contributed by atoms with E-state index in [-0.39, 0.29) is 41.6 Å². The van der Waals surface area contributed by atoms with Crippen LogP contribution in [0, 0.1) is 11.7 Å². The molecule has 0 spiro atoms. The number of nitrogens with zero attached hydrogens (tertiary/aromatic N) is 1. The van der Waals surface area contributed by atoms with Gasteiger partial charge in [-0.15, -0.1) is 24.0 Å². The Balaban J connectivity index is 0.00000338. The average Bonchev–Trinajstić information content (AvgIpc) is 2.98. The molecule has 0 aliphatic heterocycles. The van der Waals surface area contributed by atoms with Gasteiger partial charge in [0.25, 0.3) is 0 Å². The fraction of sp³-hybridized carbons (Fsp3) is 0.444. The number of carbonyl (C=O) groups excluding carboxylic acids is 1. The Bertz CT molecular complexity index is 744. The van der Waals surface area contributed by atoms with Crippen molar-refractivity contribution in [2.24, 2.45) is 10.9 Å². The Morgan fingerprint density at radius 3 is 2.58 bits per heavy atom. The van der Waals surface area contributed by atoms with Crippen molar-refractivity contribution in [3.8, 4) is 0 Å². The van der Waals surface area contributed by atoms with Gasteiger partial charge in [0.1, 0.15) is 5.82 Å². The lowest BCUT2D eigenvalue weighted by Gasteiger charge is -2.13. The van der Waals surface area contributed by atoms with E-state index < -0.39 is 0 Å². The number of nitrogens with one attached hydrogen (secondary N) is 4. The number of hydrogen-bond donors (Lipinski definition) is 4. The average molecular weight is 475 g/mol. The van der Waals surface area contributed by atoms with E-state index >= 15 is 0 Å². The molecule has 0 fully saturated rings. The summed E-state index contributed by atoms with van der Waals surface area (Å²) in [6.45, 7) is 5.57. The lowest BCUT2D eigenvalue weighted by molar-refractivity contribution is -0.123. The summed E-state index contributed by atoms with van der Waals surface area (Å²) in [6, 6.07) is 4.76. The molecule has 0 atom stereocenters. The standard InChI is InChI=1S/C18H26FN5O.HI/c1-12(2)17(25)21-8-9-23-18(20-3)22-7-6-13-11-24-16-10-14(19)4-5-15(13)16;/h4-5,10-12,24H,6-9H2,1-3H3,(H,21,25)(H2,20,22,23);1H. The molecule has 0 unspecified atom stereocenters. The molecule has 1 aromatic heterocycles. The molecule has 1 amide bonds. The van der Waals surface area contributed by atoms with Crippen LogP contribution >= 0.6 is 24.0 Å². The third-order valence-corrected chi connectivity index (χ3v) is 3.88. The number of halogens is 2. The highest BCUT2D eigenvalue weighted by Gasteiger charge is 2.06. The summed E-state index contributed by atoms with van der Waals surface area (Å²) in [6.07, 6.45) is 2.69. The summed E-state index contributed by atoms with van der Waals surface area (Å²) in [5.74, 6) is 0.473. The third-order valence-electron chi connectivity index (χ3n) is 3.88. The molecule has 0 bridgehead atoms. The smallest absolute Gasteiger partial charge is 0.222 e. The van der Waals surface area contributed by atoms with E-state index in [2.05, 4.69) is 25.9 Å². The van der Waals surface area contributed by atoms with Crippen LogP contribution in [0.25, 0.3) is 10.9 Å². The summed E-state index contributed by atoms with van der Waals surface area (Å²) in [5.41, 5.74) is 1.93. The van der Waals surface area contributed by atoms with Crippen molar-refractivity contribution >= 4 is 46.7 Å². The fourth-order valence-corrected chi connectivity index (χ4v) is 2.47. The first-order valence-electron chi connectivity index (χ1n) is 8.49. The highest BCUT2D eigenvalue weighted by Crippen LogP contribution is 2.19. The Morgan fingerprint density at radius 1 is 1.19 bits per heavy atom. The number of aromatic nitrogens is 1. The van der Waals surface area contributed by atoms with Crippen molar-refractivity contribution in [2.45, 2.75) is 20.3 Å². The first-order chi connectivity index (χ1) is 12.0. The summed E-state index contributed by atoms with van der Waals surface area (Å²) < 4.78 is 13.2. The number of H-pyrrole nitrogens is 1. The zero-order valence-corrected chi connectivity index (χ0v) is 17.7. The zero-order valence-electron chi connectivity index (χ0n) is 15.4. The largest absolute Gasteiger partial charge is 0.361 e. The molecule has 0 aliphatic carbocycles. The van der Waals surface area contributed by atoms with E-state index in [9.17, 15) is 9.18 Å². The molecule has 2 aromatic rings. The highest BCUT2D eigenvalue weighted by molar-refractivity contribution is 14.0. The van der Waals surface area contributed by atoms with Gasteiger partial charge >= 0.3 is 0 Å². The lowest BCUT2D eigenvalue weighted by Crippen LogP contribution is -2.42. The molecule has 2 rings (SSSR count). The predicted octanol–water partition coefficient (Wildman–Crippen LogP) is 2.40. The summed E-state index contributed by atoms with van der Waals surface area (Å²) in [5, 5.41) is 10.3. The van der Waals surface area contributed by atoms with Gasteiger partial charge in [0.2, 0.25) is 5.91 Å². The van der Waals surface area contributed by atoms with Crippen LogP contribution in [0.5, 0.6) is 0 Å². The highest BCUT2D eigenvalue weighted by atomic mass is 127. The van der Waals surface area contributed by atoms with Crippen LogP contribution in [0.15, 0.2) is 29.4 Å². The number of amides is 1. The Labute approximate surface area is 170 Å². The molecule has 1 aromatic carbocycles. The molecule has 144 valence electrons. The molecule has 8 heteroatoms. The number of fused-ring (bicyclic) bond motifs is 1. The minimum Gasteiger partial charge on any atom is -0.361 e. The van der Waals surface area contributed by atoms with Crippen molar-refractivity contribution in [2.75, 3.05) is 26.7 Å². The second-order valence-electron chi connectivity index (χ2n) is 6.13. The molecule has 4 N–H and O–H groups in total. The predicted molar refractivity (Wildman–Crippen MR) is 115 cm³/mol. The van der Waals surface area contributed by atoms with Gasteiger partial charge in [-0.05, 0) is 30.2 Å². The van der Waals surface area contributed by atoms with Gasteiger partial charge in [-0.3, -0.25) is 9.79 Å². The van der Waals surface area contributed by atoms with Gasteiger partial charge in [-0.1, -0.05) is 13.8 Å². The van der Waals surface area contributed by atoms with E-state index in [0.717, 1.165) is 22.9 Å². The fourth-order valence-electron chi connectivity index (χ4n) is 2.47. The maximum atomic E-state index is 13.2. The number of guanidine groups is 1. The number of hydrogen-bond acceptors (Lipinski definition) is 2. The molecule has 0 radical (unpaired) electrons. The normalized spacial score (nSPS) is 11.3. The topological polar surface area (TPSA) is 81.3 Å². The van der Waals surface area contributed by atoms with Crippen molar-refractivity contribution in [1.29, 1.82) is 0 Å². The van der Waals surface area contributed by atoms with Gasteiger partial charge in [-0.2, -0.15) is 0 Å².